The zero-order chi connectivity index (χ0) is 18.8. The summed E-state index contributed by atoms with van der Waals surface area (Å²) in [6, 6.07) is 7.10. The number of nitrogens with zero attached hydrogens (tertiary/aromatic N) is 5. The molecule has 140 valence electrons. The van der Waals surface area contributed by atoms with Gasteiger partial charge in [0.1, 0.15) is 6.33 Å². The smallest absolute Gasteiger partial charge is 0.233 e. The minimum absolute atomic E-state index is 0.0754. The van der Waals surface area contributed by atoms with E-state index < -0.39 is 0 Å². The Kier molecular flexibility index (Phi) is 4.66. The first-order chi connectivity index (χ1) is 13.1. The Hall–Kier alpha value is -3.10. The fraction of sp³-hybridized carbons (Fsp3) is 0.444. The predicted molar refractivity (Wildman–Crippen MR) is 94.6 cm³/mol. The maximum atomic E-state index is 12.4. The number of fused-ring (bicyclic) bond motifs is 1. The van der Waals surface area contributed by atoms with Gasteiger partial charge >= 0.3 is 0 Å². The molecule has 1 aromatic carbocycles. The van der Waals surface area contributed by atoms with Crippen molar-refractivity contribution < 1.29 is 14.4 Å². The van der Waals surface area contributed by atoms with Gasteiger partial charge in [0.05, 0.1) is 17.5 Å². The van der Waals surface area contributed by atoms with E-state index >= 15 is 0 Å². The molecule has 4 rings (SSSR count). The number of aromatic nitrogens is 4. The van der Waals surface area contributed by atoms with E-state index in [1.165, 1.54) is 15.9 Å². The highest BCUT2D eigenvalue weighted by molar-refractivity contribution is 6.05. The summed E-state index contributed by atoms with van der Waals surface area (Å²) in [4.78, 5) is 38.5. The van der Waals surface area contributed by atoms with Gasteiger partial charge in [-0.2, -0.15) is 0 Å². The maximum absolute atomic E-state index is 12.4. The number of hydrogen-bond donors (Lipinski definition) is 1. The monoisotopic (exact) mass is 368 g/mol. The van der Waals surface area contributed by atoms with E-state index in [-0.39, 0.29) is 42.5 Å². The molecule has 1 saturated heterocycles. The van der Waals surface area contributed by atoms with Crippen LogP contribution in [0.1, 0.15) is 32.1 Å². The van der Waals surface area contributed by atoms with E-state index in [9.17, 15) is 14.4 Å². The van der Waals surface area contributed by atoms with Gasteiger partial charge in [0.2, 0.25) is 17.7 Å². The van der Waals surface area contributed by atoms with Gasteiger partial charge in [0, 0.05) is 18.7 Å². The lowest BCUT2D eigenvalue weighted by Gasteiger charge is -2.19. The van der Waals surface area contributed by atoms with Crippen molar-refractivity contribution in [3.63, 3.8) is 0 Å². The van der Waals surface area contributed by atoms with Crippen molar-refractivity contribution in [3.05, 3.63) is 30.6 Å². The third kappa shape index (κ3) is 3.44. The van der Waals surface area contributed by atoms with E-state index in [0.29, 0.717) is 11.4 Å². The number of nitrogens with one attached hydrogen (secondary N) is 1. The lowest BCUT2D eigenvalue weighted by atomic mass is 9.81. The predicted octanol–water partition coefficient (Wildman–Crippen LogP) is 1.17. The highest BCUT2D eigenvalue weighted by Crippen LogP contribution is 2.37. The van der Waals surface area contributed by atoms with Crippen LogP contribution in [0.3, 0.4) is 0 Å². The summed E-state index contributed by atoms with van der Waals surface area (Å²) >= 11 is 0. The third-order valence-corrected chi connectivity index (χ3v) is 5.24. The molecule has 3 amide bonds. The summed E-state index contributed by atoms with van der Waals surface area (Å²) in [5.41, 5.74) is 1.31. The SMILES string of the molecule is O=C(CCN1C(=O)[C@H]2CCCC[C@@H]2C1=O)Nc1cccc(-n2cnnn2)c1. The summed E-state index contributed by atoms with van der Waals surface area (Å²) in [5.74, 6) is -0.833. The second-order valence-electron chi connectivity index (χ2n) is 6.93. The van der Waals surface area contributed by atoms with E-state index in [0.717, 1.165) is 25.7 Å². The number of anilines is 1. The van der Waals surface area contributed by atoms with Crippen molar-refractivity contribution in [2.24, 2.45) is 11.8 Å². The van der Waals surface area contributed by atoms with E-state index in [2.05, 4.69) is 20.8 Å². The number of tetrazole rings is 1. The standard InChI is InChI=1S/C18H20N6O3/c25-16(20-12-4-3-5-13(10-12)24-11-19-21-22-24)8-9-23-17(26)14-6-1-2-7-15(14)18(23)27/h3-5,10-11,14-15H,1-2,6-9H2,(H,20,25)/t14-,15-/m0/s1. The van der Waals surface area contributed by atoms with E-state index in [1.54, 1.807) is 18.2 Å². The normalized spacial score (nSPS) is 22.0. The molecule has 2 fully saturated rings. The summed E-state index contributed by atoms with van der Waals surface area (Å²) in [6.45, 7) is 0.128. The summed E-state index contributed by atoms with van der Waals surface area (Å²) < 4.78 is 1.49. The van der Waals surface area contributed by atoms with Gasteiger partial charge in [-0.15, -0.1) is 5.10 Å². The highest BCUT2D eigenvalue weighted by Gasteiger charge is 2.47. The van der Waals surface area contributed by atoms with E-state index in [1.807, 2.05) is 6.07 Å². The highest BCUT2D eigenvalue weighted by atomic mass is 16.2. The number of benzene rings is 1. The van der Waals surface area contributed by atoms with Gasteiger partial charge in [0.15, 0.2) is 0 Å². The Morgan fingerprint density at radius 3 is 2.56 bits per heavy atom. The molecule has 0 unspecified atom stereocenters. The number of imide groups is 1. The lowest BCUT2D eigenvalue weighted by Crippen LogP contribution is -2.34. The summed E-state index contributed by atoms with van der Waals surface area (Å²) in [7, 11) is 0. The Bertz CT molecular complexity index is 842. The molecule has 9 nitrogen and oxygen atoms in total. The first-order valence-electron chi connectivity index (χ1n) is 9.12. The quantitative estimate of drug-likeness (QED) is 0.793. The Morgan fingerprint density at radius 2 is 1.89 bits per heavy atom. The fourth-order valence-corrected chi connectivity index (χ4v) is 3.89. The summed E-state index contributed by atoms with van der Waals surface area (Å²) in [6.07, 6.45) is 5.08. The molecule has 2 heterocycles. The first kappa shape index (κ1) is 17.3. The third-order valence-electron chi connectivity index (χ3n) is 5.24. The molecule has 1 aliphatic carbocycles. The molecule has 1 N–H and O–H groups in total. The second-order valence-corrected chi connectivity index (χ2v) is 6.93. The number of likely N-dealkylation sites (tertiary alicyclic amines) is 1. The molecule has 27 heavy (non-hydrogen) atoms. The van der Waals surface area contributed by atoms with Gasteiger partial charge in [-0.05, 0) is 41.5 Å². The molecule has 2 atom stereocenters. The van der Waals surface area contributed by atoms with Crippen LogP contribution in [-0.2, 0) is 14.4 Å². The van der Waals surface area contributed by atoms with Crippen LogP contribution >= 0.6 is 0 Å². The summed E-state index contributed by atoms with van der Waals surface area (Å²) in [5, 5.41) is 13.8. The van der Waals surface area contributed by atoms with Crippen LogP contribution in [0.4, 0.5) is 5.69 Å². The lowest BCUT2D eigenvalue weighted by molar-refractivity contribution is -0.140. The number of amides is 3. The van der Waals surface area contributed by atoms with Gasteiger partial charge in [-0.25, -0.2) is 4.68 Å². The van der Waals surface area contributed by atoms with Crippen LogP contribution in [0.15, 0.2) is 30.6 Å². The topological polar surface area (TPSA) is 110 Å². The average Bonchev–Trinajstić information content (AvgIpc) is 3.29. The molecule has 9 heteroatoms. The largest absolute Gasteiger partial charge is 0.326 e. The average molecular weight is 368 g/mol. The molecule has 0 spiro atoms. The minimum Gasteiger partial charge on any atom is -0.326 e. The second kappa shape index (κ2) is 7.26. The van der Waals surface area contributed by atoms with Crippen LogP contribution in [0.25, 0.3) is 5.69 Å². The number of rotatable bonds is 5. The van der Waals surface area contributed by atoms with Crippen molar-refractivity contribution in [3.8, 4) is 5.69 Å². The Balaban J connectivity index is 1.36. The van der Waals surface area contributed by atoms with E-state index in [4.69, 9.17) is 0 Å². The number of carbonyl (C=O) groups is 3. The van der Waals surface area contributed by atoms with Gasteiger partial charge in [0.25, 0.3) is 0 Å². The van der Waals surface area contributed by atoms with Crippen molar-refractivity contribution >= 4 is 23.4 Å². The zero-order valence-corrected chi connectivity index (χ0v) is 14.7. The molecule has 0 radical (unpaired) electrons. The molecular formula is C18H20N6O3. The molecule has 2 aromatic rings. The van der Waals surface area contributed by atoms with Crippen LogP contribution < -0.4 is 5.32 Å². The van der Waals surface area contributed by atoms with Crippen LogP contribution in [0.2, 0.25) is 0 Å². The van der Waals surface area contributed by atoms with Gasteiger partial charge in [-0.1, -0.05) is 18.9 Å². The molecule has 2 aliphatic rings. The van der Waals surface area contributed by atoms with Crippen LogP contribution in [0.5, 0.6) is 0 Å². The van der Waals surface area contributed by atoms with Crippen molar-refractivity contribution in [1.29, 1.82) is 0 Å². The molecule has 1 aliphatic heterocycles. The van der Waals surface area contributed by atoms with Crippen LogP contribution in [0, 0.1) is 11.8 Å². The Labute approximate surface area is 155 Å². The number of carbonyl (C=O) groups excluding carboxylic acids is 3. The van der Waals surface area contributed by atoms with Crippen LogP contribution in [-0.4, -0.2) is 49.4 Å². The van der Waals surface area contributed by atoms with Gasteiger partial charge in [-0.3, -0.25) is 19.3 Å². The molecule has 1 saturated carbocycles. The van der Waals surface area contributed by atoms with Crippen molar-refractivity contribution in [2.45, 2.75) is 32.1 Å². The number of hydrogen-bond acceptors (Lipinski definition) is 6. The Morgan fingerprint density at radius 1 is 1.15 bits per heavy atom. The molecule has 0 bridgehead atoms. The molecular weight excluding hydrogens is 348 g/mol. The van der Waals surface area contributed by atoms with Crippen molar-refractivity contribution in [1.82, 2.24) is 25.1 Å². The maximum Gasteiger partial charge on any atom is 0.233 e. The van der Waals surface area contributed by atoms with Gasteiger partial charge < -0.3 is 5.32 Å². The minimum atomic E-state index is -0.251. The fourth-order valence-electron chi connectivity index (χ4n) is 3.89. The first-order valence-corrected chi connectivity index (χ1v) is 9.12. The molecule has 1 aromatic heterocycles. The zero-order valence-electron chi connectivity index (χ0n) is 14.7. The van der Waals surface area contributed by atoms with Crippen molar-refractivity contribution in [2.75, 3.05) is 11.9 Å².